The Morgan fingerprint density at radius 3 is 1.45 bits per heavy atom. The van der Waals surface area contributed by atoms with Crippen LogP contribution < -0.4 is 5.73 Å². The van der Waals surface area contributed by atoms with Gasteiger partial charge >= 0.3 is 0 Å². The molecule has 2 unspecified atom stereocenters. The molecule has 0 radical (unpaired) electrons. The maximum absolute atomic E-state index is 6.91. The average Bonchev–Trinajstić information content (AvgIpc) is 4.02. The number of nitrogens with two attached hydrogens (primary N) is 1. The molecule has 13 rings (SSSR count). The summed E-state index contributed by atoms with van der Waals surface area (Å²) in [7, 11) is 0. The number of aromatic nitrogens is 3. The van der Waals surface area contributed by atoms with E-state index in [1.807, 2.05) is 6.20 Å². The van der Waals surface area contributed by atoms with Crippen molar-refractivity contribution in [1.82, 2.24) is 13.7 Å². The van der Waals surface area contributed by atoms with E-state index in [2.05, 4.69) is 227 Å². The van der Waals surface area contributed by atoms with Gasteiger partial charge in [-0.2, -0.15) is 0 Å². The fraction of sp³-hybridized carbons (Fsp3) is 0.0968. The Bertz CT molecular complexity index is 3590. The number of rotatable bonds is 7. The van der Waals surface area contributed by atoms with Crippen LogP contribution in [0.5, 0.6) is 0 Å². The molecule has 7 aromatic carbocycles. The second kappa shape index (κ2) is 15.3. The van der Waals surface area contributed by atoms with Gasteiger partial charge in [-0.25, -0.2) is 0 Å². The van der Waals surface area contributed by atoms with Gasteiger partial charge in [0, 0.05) is 61.7 Å². The molecule has 3 aliphatic carbocycles. The highest BCUT2D eigenvalue weighted by molar-refractivity contribution is 6.12. The van der Waals surface area contributed by atoms with Crippen molar-refractivity contribution in [3.63, 3.8) is 0 Å². The molecule has 66 heavy (non-hydrogen) atoms. The second-order valence-corrected chi connectivity index (χ2v) is 18.0. The number of benzene rings is 7. The molecule has 4 heteroatoms. The van der Waals surface area contributed by atoms with Crippen LogP contribution in [0.15, 0.2) is 235 Å². The Kier molecular flexibility index (Phi) is 8.89. The summed E-state index contributed by atoms with van der Waals surface area (Å²) in [5, 5.41) is 7.53. The third-order valence-electron chi connectivity index (χ3n) is 14.6. The molecule has 0 bridgehead atoms. The van der Waals surface area contributed by atoms with Gasteiger partial charge in [0.15, 0.2) is 0 Å². The van der Waals surface area contributed by atoms with Crippen molar-refractivity contribution in [2.75, 3.05) is 0 Å². The van der Waals surface area contributed by atoms with Crippen LogP contribution in [0, 0.1) is 11.8 Å². The molecular weight excluding hydrogens is 801 g/mol. The van der Waals surface area contributed by atoms with Crippen LogP contribution in [-0.4, -0.2) is 13.7 Å². The Morgan fingerprint density at radius 2 is 1.00 bits per heavy atom. The molecule has 10 aromatic rings. The quantitative estimate of drug-likeness (QED) is 0.160. The minimum atomic E-state index is 0.141. The van der Waals surface area contributed by atoms with Crippen molar-refractivity contribution in [3.8, 4) is 11.4 Å². The Labute approximate surface area is 384 Å². The van der Waals surface area contributed by atoms with E-state index in [1.54, 1.807) is 0 Å². The highest BCUT2D eigenvalue weighted by atomic mass is 15.0. The summed E-state index contributed by atoms with van der Waals surface area (Å²) < 4.78 is 7.43. The fourth-order valence-electron chi connectivity index (χ4n) is 11.8. The topological polar surface area (TPSA) is 40.8 Å². The number of hydrogen-bond acceptors (Lipinski definition) is 1. The highest BCUT2D eigenvalue weighted by Gasteiger charge is 2.38. The molecule has 4 nitrogen and oxygen atoms in total. The van der Waals surface area contributed by atoms with Gasteiger partial charge in [0.25, 0.3) is 0 Å². The van der Waals surface area contributed by atoms with Crippen LogP contribution in [-0.2, 0) is 0 Å². The standard InChI is InChI=1S/C62H48N4/c1-2-40(61-51-25-3-5-27-53(51)62(54-28-6-4-26-52(54)61)66-59-33-17-11-23-49(59)50-24-12-18-34-60(50)66)35-42(39-63)41-36-43(64-55-29-13-7-19-45(55)46-20-8-14-30-56(46)64)38-44(37-41)65-57-31-15-9-21-47(57)48-22-10-16-32-58(48)65/h3-5,7-27,29-39,51,61H,2,6,28,63H2,1H3/b40-35+,42-39+. The van der Waals surface area contributed by atoms with Crippen molar-refractivity contribution in [1.29, 1.82) is 0 Å². The van der Waals surface area contributed by atoms with Crippen LogP contribution in [0.25, 0.3) is 88.1 Å². The summed E-state index contributed by atoms with van der Waals surface area (Å²) in [6.45, 7) is 2.32. The van der Waals surface area contributed by atoms with E-state index in [0.717, 1.165) is 41.8 Å². The smallest absolute Gasteiger partial charge is 0.0541 e. The lowest BCUT2D eigenvalue weighted by molar-refractivity contribution is 0.559. The molecule has 0 saturated carbocycles. The molecule has 0 fully saturated rings. The number of allylic oxidation sites excluding steroid dienone is 13. The fourth-order valence-corrected chi connectivity index (χ4v) is 11.8. The molecule has 3 aliphatic rings. The van der Waals surface area contributed by atoms with Crippen molar-refractivity contribution >= 4 is 76.7 Å². The van der Waals surface area contributed by atoms with E-state index < -0.39 is 0 Å². The monoisotopic (exact) mass is 848 g/mol. The Hall–Kier alpha value is -8.08. The minimum absolute atomic E-state index is 0.141. The largest absolute Gasteiger partial charge is 0.404 e. The number of nitrogens with zero attached hydrogens (tertiary/aromatic N) is 3. The molecule has 316 valence electrons. The number of hydrogen-bond donors (Lipinski definition) is 1. The normalized spacial score (nSPS) is 17.7. The SMILES string of the molecule is CC/C(=C\C(=C/N)c1cc(-n2c3ccccc3c3ccccc32)cc(-n2c3ccccc3c3ccccc32)c1)C1C2=C(CCC=C2)C(n2c3ccccc3c3ccccc32)=C2C=CC=CC21. The second-order valence-electron chi connectivity index (χ2n) is 18.0. The molecule has 3 aromatic heterocycles. The summed E-state index contributed by atoms with van der Waals surface area (Å²) in [4.78, 5) is 0. The van der Waals surface area contributed by atoms with Crippen molar-refractivity contribution < 1.29 is 0 Å². The highest BCUT2D eigenvalue weighted by Crippen LogP contribution is 2.52. The maximum Gasteiger partial charge on any atom is 0.0541 e. The zero-order valence-electron chi connectivity index (χ0n) is 36.9. The predicted molar refractivity (Wildman–Crippen MR) is 279 cm³/mol. The average molecular weight is 849 g/mol. The van der Waals surface area contributed by atoms with Gasteiger partial charge in [0.05, 0.1) is 38.8 Å². The summed E-state index contributed by atoms with van der Waals surface area (Å²) in [5.74, 6) is 0.288. The molecule has 2 atom stereocenters. The molecule has 0 spiro atoms. The van der Waals surface area contributed by atoms with E-state index in [1.165, 1.54) is 93.4 Å². The van der Waals surface area contributed by atoms with Gasteiger partial charge in [-0.1, -0.05) is 164 Å². The van der Waals surface area contributed by atoms with Gasteiger partial charge in [-0.05, 0) is 102 Å². The van der Waals surface area contributed by atoms with E-state index in [4.69, 9.17) is 5.73 Å². The Balaban J connectivity index is 1.03. The summed E-state index contributed by atoms with van der Waals surface area (Å²) in [6.07, 6.45) is 21.3. The zero-order chi connectivity index (χ0) is 43.9. The van der Waals surface area contributed by atoms with E-state index >= 15 is 0 Å². The first-order valence-electron chi connectivity index (χ1n) is 23.4. The molecule has 2 N–H and O–H groups in total. The van der Waals surface area contributed by atoms with Gasteiger partial charge < -0.3 is 19.4 Å². The van der Waals surface area contributed by atoms with Gasteiger partial charge in [0.2, 0.25) is 0 Å². The Morgan fingerprint density at radius 1 is 0.545 bits per heavy atom. The lowest BCUT2D eigenvalue weighted by Crippen LogP contribution is -2.28. The third kappa shape index (κ3) is 5.71. The van der Waals surface area contributed by atoms with Crippen LogP contribution in [0.2, 0.25) is 0 Å². The lowest BCUT2D eigenvalue weighted by atomic mass is 9.66. The first kappa shape index (κ1) is 38.4. The summed E-state index contributed by atoms with van der Waals surface area (Å²) in [6, 6.07) is 60.0. The molecular formula is C62H48N4. The van der Waals surface area contributed by atoms with Crippen molar-refractivity contribution in [2.24, 2.45) is 17.6 Å². The predicted octanol–water partition coefficient (Wildman–Crippen LogP) is 15.6. The van der Waals surface area contributed by atoms with Gasteiger partial charge in [0.1, 0.15) is 0 Å². The zero-order valence-corrected chi connectivity index (χ0v) is 36.9. The summed E-state index contributed by atoms with van der Waals surface area (Å²) in [5.41, 5.74) is 25.3. The van der Waals surface area contributed by atoms with Gasteiger partial charge in [-0.15, -0.1) is 0 Å². The number of fused-ring (bicyclic) bond motifs is 10. The third-order valence-corrected chi connectivity index (χ3v) is 14.6. The van der Waals surface area contributed by atoms with Gasteiger partial charge in [-0.3, -0.25) is 0 Å². The molecule has 0 saturated heterocycles. The van der Waals surface area contributed by atoms with E-state index in [0.29, 0.717) is 0 Å². The summed E-state index contributed by atoms with van der Waals surface area (Å²) >= 11 is 0. The van der Waals surface area contributed by atoms with Crippen LogP contribution in [0.4, 0.5) is 0 Å². The molecule has 0 aliphatic heterocycles. The molecule has 0 amide bonds. The van der Waals surface area contributed by atoms with Crippen molar-refractivity contribution in [3.05, 3.63) is 240 Å². The van der Waals surface area contributed by atoms with E-state index in [9.17, 15) is 0 Å². The van der Waals surface area contributed by atoms with Crippen LogP contribution in [0.1, 0.15) is 31.7 Å². The molecule has 3 heterocycles. The van der Waals surface area contributed by atoms with Crippen molar-refractivity contribution in [2.45, 2.75) is 26.2 Å². The van der Waals surface area contributed by atoms with Crippen LogP contribution in [0.3, 0.4) is 0 Å². The van der Waals surface area contributed by atoms with E-state index in [-0.39, 0.29) is 11.8 Å². The lowest BCUT2D eigenvalue weighted by Gasteiger charge is -2.40. The van der Waals surface area contributed by atoms with Crippen LogP contribution >= 0.6 is 0 Å². The minimum Gasteiger partial charge on any atom is -0.404 e. The maximum atomic E-state index is 6.91. The first-order valence-corrected chi connectivity index (χ1v) is 23.4. The number of para-hydroxylation sites is 6. The first-order chi connectivity index (χ1) is 32.7.